The Balaban J connectivity index is 1.84. The molecule has 0 aliphatic rings. The molecule has 1 heterocycles. The number of rotatable bonds is 6. The summed E-state index contributed by atoms with van der Waals surface area (Å²) >= 11 is 5.97. The maximum atomic E-state index is 12.9. The lowest BCUT2D eigenvalue weighted by atomic mass is 10.1. The number of carbonyl (C=O) groups is 1. The van der Waals surface area contributed by atoms with Crippen molar-refractivity contribution in [1.82, 2.24) is 4.98 Å². The highest BCUT2D eigenvalue weighted by Crippen LogP contribution is 2.26. The summed E-state index contributed by atoms with van der Waals surface area (Å²) in [6, 6.07) is 17.6. The van der Waals surface area contributed by atoms with Crippen molar-refractivity contribution in [2.75, 3.05) is 12.4 Å². The molecule has 0 saturated carbocycles. The van der Waals surface area contributed by atoms with Gasteiger partial charge < -0.3 is 14.8 Å². The number of aromatic nitrogens is 1. The number of ether oxygens (including phenoxy) is 2. The Labute approximate surface area is 162 Å². The fourth-order valence-electron chi connectivity index (χ4n) is 2.43. The van der Waals surface area contributed by atoms with E-state index in [4.69, 9.17) is 21.1 Å². The summed E-state index contributed by atoms with van der Waals surface area (Å²) in [5.74, 6) is 1.38. The van der Waals surface area contributed by atoms with E-state index in [2.05, 4.69) is 10.3 Å². The van der Waals surface area contributed by atoms with E-state index in [1.54, 1.807) is 67.9 Å². The van der Waals surface area contributed by atoms with Crippen molar-refractivity contribution in [1.29, 1.82) is 0 Å². The third-order valence-corrected chi connectivity index (χ3v) is 4.14. The molecule has 0 saturated heterocycles. The van der Waals surface area contributed by atoms with Gasteiger partial charge in [0.25, 0.3) is 5.91 Å². The van der Waals surface area contributed by atoms with E-state index in [0.717, 1.165) is 5.56 Å². The summed E-state index contributed by atoms with van der Waals surface area (Å²) in [5.41, 5.74) is 1.69. The fourth-order valence-corrected chi connectivity index (χ4v) is 2.56. The summed E-state index contributed by atoms with van der Waals surface area (Å²) in [7, 11) is 1.59. The van der Waals surface area contributed by atoms with Crippen LogP contribution in [0.3, 0.4) is 0 Å². The second-order valence-electron chi connectivity index (χ2n) is 5.94. The minimum Gasteiger partial charge on any atom is -0.497 e. The summed E-state index contributed by atoms with van der Waals surface area (Å²) in [4.78, 5) is 17.1. The lowest BCUT2D eigenvalue weighted by Gasteiger charge is -2.19. The smallest absolute Gasteiger partial charge is 0.271 e. The summed E-state index contributed by atoms with van der Waals surface area (Å²) in [6.45, 7) is 1.93. The van der Waals surface area contributed by atoms with Gasteiger partial charge in [-0.15, -0.1) is 0 Å². The maximum Gasteiger partial charge on any atom is 0.271 e. The van der Waals surface area contributed by atoms with Crippen LogP contribution in [0.15, 0.2) is 66.9 Å². The highest BCUT2D eigenvalue weighted by molar-refractivity contribution is 6.30. The first kappa shape index (κ1) is 18.7. The highest BCUT2D eigenvalue weighted by Gasteiger charge is 2.23. The molecule has 0 spiro atoms. The maximum absolute atomic E-state index is 12.9. The Kier molecular flexibility index (Phi) is 5.94. The molecule has 3 aromatic rings. The molecule has 1 N–H and O–H groups in total. The molecule has 1 atom stereocenters. The minimum absolute atomic E-state index is 0.329. The van der Waals surface area contributed by atoms with Gasteiger partial charge in [-0.1, -0.05) is 29.8 Å². The number of amides is 1. The molecule has 5 nitrogen and oxygen atoms in total. The number of nitrogens with zero attached hydrogens (tertiary/aromatic N) is 1. The Hall–Kier alpha value is -3.05. The van der Waals surface area contributed by atoms with Crippen molar-refractivity contribution in [3.05, 3.63) is 83.0 Å². The number of halogens is 1. The topological polar surface area (TPSA) is 60.5 Å². The van der Waals surface area contributed by atoms with Gasteiger partial charge in [-0.25, -0.2) is 4.98 Å². The van der Waals surface area contributed by atoms with E-state index in [-0.39, 0.29) is 5.91 Å². The van der Waals surface area contributed by atoms with E-state index < -0.39 is 6.10 Å². The van der Waals surface area contributed by atoms with Crippen LogP contribution in [0.5, 0.6) is 11.5 Å². The predicted octanol–water partition coefficient (Wildman–Crippen LogP) is 4.81. The average Bonchev–Trinajstić information content (AvgIpc) is 2.69. The monoisotopic (exact) mass is 382 g/mol. The van der Waals surface area contributed by atoms with Crippen LogP contribution in [0, 0.1) is 6.92 Å². The van der Waals surface area contributed by atoms with E-state index in [1.807, 2.05) is 13.0 Å². The summed E-state index contributed by atoms with van der Waals surface area (Å²) in [5, 5.41) is 3.38. The van der Waals surface area contributed by atoms with Crippen LogP contribution in [0.4, 0.5) is 5.82 Å². The van der Waals surface area contributed by atoms with Crippen LogP contribution in [0.25, 0.3) is 0 Å². The molecule has 0 radical (unpaired) electrons. The molecule has 2 aromatic carbocycles. The Morgan fingerprint density at radius 3 is 2.26 bits per heavy atom. The van der Waals surface area contributed by atoms with E-state index in [9.17, 15) is 4.79 Å². The highest BCUT2D eigenvalue weighted by atomic mass is 35.5. The van der Waals surface area contributed by atoms with Gasteiger partial charge >= 0.3 is 0 Å². The first-order valence-corrected chi connectivity index (χ1v) is 8.72. The predicted molar refractivity (Wildman–Crippen MR) is 105 cm³/mol. The van der Waals surface area contributed by atoms with Crippen molar-refractivity contribution >= 4 is 23.3 Å². The fraction of sp³-hybridized carbons (Fsp3) is 0.143. The minimum atomic E-state index is -0.862. The molecule has 1 aromatic heterocycles. The number of hydrogen-bond donors (Lipinski definition) is 1. The number of anilines is 1. The average molecular weight is 383 g/mol. The van der Waals surface area contributed by atoms with Crippen LogP contribution < -0.4 is 14.8 Å². The number of nitrogens with one attached hydrogen (secondary N) is 1. The number of methoxy groups -OCH3 is 1. The number of benzene rings is 2. The first-order valence-electron chi connectivity index (χ1n) is 8.35. The number of aryl methyl sites for hydroxylation is 1. The lowest BCUT2D eigenvalue weighted by Crippen LogP contribution is -2.26. The number of pyridine rings is 1. The largest absolute Gasteiger partial charge is 0.497 e. The van der Waals surface area contributed by atoms with Gasteiger partial charge in [0.1, 0.15) is 17.3 Å². The van der Waals surface area contributed by atoms with Crippen molar-refractivity contribution < 1.29 is 14.3 Å². The van der Waals surface area contributed by atoms with Crippen molar-refractivity contribution in [2.45, 2.75) is 13.0 Å². The molecule has 0 fully saturated rings. The van der Waals surface area contributed by atoms with Gasteiger partial charge in [0.15, 0.2) is 0 Å². The van der Waals surface area contributed by atoms with E-state index >= 15 is 0 Å². The molecule has 0 aliphatic heterocycles. The molecule has 138 valence electrons. The van der Waals surface area contributed by atoms with Gasteiger partial charge in [0, 0.05) is 16.8 Å². The van der Waals surface area contributed by atoms with Gasteiger partial charge in [0.2, 0.25) is 6.10 Å². The molecule has 0 aliphatic carbocycles. The van der Waals surface area contributed by atoms with E-state index in [1.165, 1.54) is 0 Å². The third-order valence-electron chi connectivity index (χ3n) is 3.89. The van der Waals surface area contributed by atoms with Crippen LogP contribution in [0.1, 0.15) is 17.2 Å². The standard InChI is InChI=1S/C21H19ClN2O3/c1-14-3-12-19(23-13-14)24-21(25)20(15-4-6-16(22)7-5-15)27-18-10-8-17(26-2)9-11-18/h3-13,20H,1-2H3,(H,23,24,25). The molecular formula is C21H19ClN2O3. The lowest BCUT2D eigenvalue weighted by molar-refractivity contribution is -0.123. The van der Waals surface area contributed by atoms with Gasteiger partial charge in [-0.3, -0.25) is 4.79 Å². The van der Waals surface area contributed by atoms with Crippen LogP contribution in [-0.4, -0.2) is 18.0 Å². The molecule has 0 bridgehead atoms. The third kappa shape index (κ3) is 4.99. The SMILES string of the molecule is COc1ccc(OC(C(=O)Nc2ccc(C)cn2)c2ccc(Cl)cc2)cc1. The van der Waals surface area contributed by atoms with Crippen LogP contribution >= 0.6 is 11.6 Å². The second-order valence-corrected chi connectivity index (χ2v) is 6.37. The molecule has 1 unspecified atom stereocenters. The Bertz CT molecular complexity index is 894. The molecule has 1 amide bonds. The van der Waals surface area contributed by atoms with Gasteiger partial charge in [0.05, 0.1) is 7.11 Å². The Morgan fingerprint density at radius 1 is 1.00 bits per heavy atom. The van der Waals surface area contributed by atoms with Crippen LogP contribution in [0.2, 0.25) is 5.02 Å². The number of carbonyl (C=O) groups excluding carboxylic acids is 1. The molecule has 3 rings (SSSR count). The Morgan fingerprint density at radius 2 is 1.67 bits per heavy atom. The molecule has 6 heteroatoms. The quantitative estimate of drug-likeness (QED) is 0.664. The zero-order valence-corrected chi connectivity index (χ0v) is 15.7. The zero-order chi connectivity index (χ0) is 19.2. The van der Waals surface area contributed by atoms with Crippen LogP contribution in [-0.2, 0) is 4.79 Å². The van der Waals surface area contributed by atoms with Crippen molar-refractivity contribution in [2.24, 2.45) is 0 Å². The normalized spacial score (nSPS) is 11.5. The molecule has 27 heavy (non-hydrogen) atoms. The molecular weight excluding hydrogens is 364 g/mol. The van der Waals surface area contributed by atoms with Crippen molar-refractivity contribution in [3.63, 3.8) is 0 Å². The first-order chi connectivity index (χ1) is 13.0. The zero-order valence-electron chi connectivity index (χ0n) is 15.0. The van der Waals surface area contributed by atoms with Gasteiger partial charge in [-0.05, 0) is 55.0 Å². The second kappa shape index (κ2) is 8.56. The van der Waals surface area contributed by atoms with Crippen molar-refractivity contribution in [3.8, 4) is 11.5 Å². The van der Waals surface area contributed by atoms with E-state index in [0.29, 0.717) is 27.9 Å². The van der Waals surface area contributed by atoms with Gasteiger partial charge in [-0.2, -0.15) is 0 Å². The summed E-state index contributed by atoms with van der Waals surface area (Å²) < 4.78 is 11.1. The number of hydrogen-bond acceptors (Lipinski definition) is 4. The summed E-state index contributed by atoms with van der Waals surface area (Å²) in [6.07, 6.45) is 0.829.